The minimum atomic E-state index is -0.448. The molecule has 1 N–H and O–H groups in total. The van der Waals surface area contributed by atoms with E-state index < -0.39 is 4.92 Å². The minimum Gasteiger partial charge on any atom is -0.487 e. The van der Waals surface area contributed by atoms with Crippen LogP contribution in [-0.2, 0) is 0 Å². The lowest BCUT2D eigenvalue weighted by molar-refractivity contribution is -0.385. The van der Waals surface area contributed by atoms with Gasteiger partial charge >= 0.3 is 5.69 Å². The van der Waals surface area contributed by atoms with Gasteiger partial charge in [-0.2, -0.15) is 0 Å². The van der Waals surface area contributed by atoms with Gasteiger partial charge in [0.25, 0.3) is 0 Å². The lowest BCUT2D eigenvalue weighted by Crippen LogP contribution is -2.09. The van der Waals surface area contributed by atoms with Crippen molar-refractivity contribution in [2.24, 2.45) is 0 Å². The zero-order chi connectivity index (χ0) is 13.0. The van der Waals surface area contributed by atoms with Gasteiger partial charge in [-0.15, -0.1) is 0 Å². The van der Waals surface area contributed by atoms with Crippen molar-refractivity contribution in [3.63, 3.8) is 0 Å². The van der Waals surface area contributed by atoms with E-state index in [1.165, 1.54) is 0 Å². The summed E-state index contributed by atoms with van der Waals surface area (Å²) in [6, 6.07) is 8.59. The Morgan fingerprint density at radius 3 is 2.67 bits per heavy atom. The van der Waals surface area contributed by atoms with Crippen LogP contribution in [0.2, 0.25) is 0 Å². The minimum absolute atomic E-state index is 0.0620. The van der Waals surface area contributed by atoms with E-state index in [0.29, 0.717) is 12.3 Å². The number of benzene rings is 1. The molecule has 1 heterocycles. The van der Waals surface area contributed by atoms with Crippen molar-refractivity contribution >= 4 is 11.4 Å². The molecule has 2 rings (SSSR count). The normalized spacial score (nSPS) is 10.1. The second-order valence-corrected chi connectivity index (χ2v) is 3.54. The molecule has 0 aliphatic heterocycles. The predicted octanol–water partition coefficient (Wildman–Crippen LogP) is 2.67. The molecule has 18 heavy (non-hydrogen) atoms. The molecule has 0 saturated heterocycles. The maximum atomic E-state index is 11.1. The molecule has 0 aliphatic carbocycles. The third-order valence-corrected chi connectivity index (χ3v) is 2.34. The first-order chi connectivity index (χ1) is 8.72. The molecule has 6 nitrogen and oxygen atoms in total. The number of hydrogen-bond donors (Lipinski definition) is 1. The van der Waals surface area contributed by atoms with Crippen molar-refractivity contribution < 1.29 is 9.66 Å². The van der Waals surface area contributed by atoms with Gasteiger partial charge in [-0.1, -0.05) is 6.07 Å². The second kappa shape index (κ2) is 5.22. The van der Waals surface area contributed by atoms with Crippen LogP contribution in [0.15, 0.2) is 42.7 Å². The first-order valence-corrected chi connectivity index (χ1v) is 5.52. The zero-order valence-corrected chi connectivity index (χ0v) is 9.87. The molecule has 2 aromatic rings. The Bertz CT molecular complexity index is 538. The highest BCUT2D eigenvalue weighted by Crippen LogP contribution is 2.34. The Hall–Kier alpha value is -2.50. The van der Waals surface area contributed by atoms with Crippen molar-refractivity contribution in [3.8, 4) is 5.75 Å². The number of ether oxygens (including phenoxy) is 1. The molecule has 94 valence electrons. The molecule has 0 unspecified atom stereocenters. The largest absolute Gasteiger partial charge is 0.487 e. The van der Waals surface area contributed by atoms with Crippen LogP contribution in [0.5, 0.6) is 5.75 Å². The Balaban J connectivity index is 2.39. The van der Waals surface area contributed by atoms with Crippen molar-refractivity contribution in [2.45, 2.75) is 6.92 Å². The molecule has 0 bridgehead atoms. The van der Waals surface area contributed by atoms with Crippen molar-refractivity contribution in [1.82, 2.24) is 4.68 Å². The maximum Gasteiger partial charge on any atom is 0.335 e. The van der Waals surface area contributed by atoms with E-state index in [1.54, 1.807) is 42.2 Å². The fourth-order valence-corrected chi connectivity index (χ4v) is 1.62. The molecule has 1 aromatic heterocycles. The van der Waals surface area contributed by atoms with Gasteiger partial charge in [0.2, 0.25) is 0 Å². The number of aromatic nitrogens is 1. The van der Waals surface area contributed by atoms with E-state index in [9.17, 15) is 10.1 Å². The molecular formula is C12H13N3O3. The first kappa shape index (κ1) is 12.0. The van der Waals surface area contributed by atoms with Gasteiger partial charge in [-0.25, -0.2) is 0 Å². The van der Waals surface area contributed by atoms with Crippen LogP contribution in [0.1, 0.15) is 6.92 Å². The lowest BCUT2D eigenvalue weighted by atomic mass is 10.2. The van der Waals surface area contributed by atoms with Crippen LogP contribution < -0.4 is 10.2 Å². The van der Waals surface area contributed by atoms with E-state index in [-0.39, 0.29) is 11.4 Å². The molecule has 1 aromatic carbocycles. The van der Waals surface area contributed by atoms with Crippen molar-refractivity contribution in [3.05, 3.63) is 52.8 Å². The van der Waals surface area contributed by atoms with Gasteiger partial charge in [-0.05, 0) is 31.2 Å². The number of nitro benzene ring substituents is 1. The smallest absolute Gasteiger partial charge is 0.335 e. The standard InChI is InChI=1S/C12H13N3O3/c1-2-18-11-7-5-6-10(12(11)15(16)17)13-14-8-3-4-9-14/h3-9,13H,2H2,1H3. The highest BCUT2D eigenvalue weighted by molar-refractivity contribution is 5.68. The number of rotatable bonds is 5. The Kier molecular flexibility index (Phi) is 3.47. The molecule has 0 saturated carbocycles. The highest BCUT2D eigenvalue weighted by Gasteiger charge is 2.20. The topological polar surface area (TPSA) is 69.3 Å². The summed E-state index contributed by atoms with van der Waals surface area (Å²) >= 11 is 0. The van der Waals surface area contributed by atoms with E-state index in [0.717, 1.165) is 0 Å². The van der Waals surface area contributed by atoms with Crippen LogP contribution in [0.3, 0.4) is 0 Å². The van der Waals surface area contributed by atoms with Gasteiger partial charge in [0.15, 0.2) is 5.75 Å². The quantitative estimate of drug-likeness (QED) is 0.651. The molecular weight excluding hydrogens is 234 g/mol. The number of nitro groups is 1. The number of nitrogens with one attached hydrogen (secondary N) is 1. The van der Waals surface area contributed by atoms with Crippen molar-refractivity contribution in [1.29, 1.82) is 0 Å². The van der Waals surface area contributed by atoms with Gasteiger partial charge in [-0.3, -0.25) is 20.2 Å². The van der Waals surface area contributed by atoms with E-state index in [1.807, 2.05) is 12.1 Å². The molecule has 6 heteroatoms. The number of nitrogens with zero attached hydrogens (tertiary/aromatic N) is 2. The fourth-order valence-electron chi connectivity index (χ4n) is 1.62. The molecule has 0 fully saturated rings. The SMILES string of the molecule is CCOc1cccc(Nn2cccc2)c1[N+](=O)[O-]. The monoisotopic (exact) mass is 247 g/mol. The van der Waals surface area contributed by atoms with E-state index >= 15 is 0 Å². The molecule has 0 spiro atoms. The summed E-state index contributed by atoms with van der Waals surface area (Å²) in [7, 11) is 0. The Labute approximate surface area is 104 Å². The lowest BCUT2D eigenvalue weighted by Gasteiger charge is -2.10. The number of anilines is 1. The Morgan fingerprint density at radius 2 is 2.06 bits per heavy atom. The van der Waals surface area contributed by atoms with Crippen LogP contribution in [0.4, 0.5) is 11.4 Å². The molecule has 0 radical (unpaired) electrons. The van der Waals surface area contributed by atoms with Crippen LogP contribution in [0, 0.1) is 10.1 Å². The summed E-state index contributed by atoms with van der Waals surface area (Å²) in [5.74, 6) is 0.264. The van der Waals surface area contributed by atoms with Crippen LogP contribution in [-0.4, -0.2) is 16.2 Å². The molecule has 0 atom stereocenters. The summed E-state index contributed by atoms with van der Waals surface area (Å²) in [5.41, 5.74) is 3.26. The third kappa shape index (κ3) is 2.42. The van der Waals surface area contributed by atoms with Gasteiger partial charge < -0.3 is 4.74 Å². The summed E-state index contributed by atoms with van der Waals surface area (Å²) in [6.45, 7) is 2.17. The summed E-state index contributed by atoms with van der Waals surface area (Å²) in [4.78, 5) is 10.7. The van der Waals surface area contributed by atoms with Gasteiger partial charge in [0.05, 0.1) is 11.5 Å². The molecule has 0 aliphatic rings. The summed E-state index contributed by atoms with van der Waals surface area (Å²) < 4.78 is 6.90. The fraction of sp³-hybridized carbons (Fsp3) is 0.167. The van der Waals surface area contributed by atoms with Crippen LogP contribution in [0.25, 0.3) is 0 Å². The average molecular weight is 247 g/mol. The number of para-hydroxylation sites is 1. The zero-order valence-electron chi connectivity index (χ0n) is 9.87. The highest BCUT2D eigenvalue weighted by atomic mass is 16.6. The Morgan fingerprint density at radius 1 is 1.33 bits per heavy atom. The molecule has 0 amide bonds. The van der Waals surface area contributed by atoms with E-state index in [2.05, 4.69) is 5.43 Å². The van der Waals surface area contributed by atoms with Gasteiger partial charge in [0.1, 0.15) is 5.69 Å². The predicted molar refractivity (Wildman–Crippen MR) is 67.7 cm³/mol. The van der Waals surface area contributed by atoms with Crippen molar-refractivity contribution in [2.75, 3.05) is 12.0 Å². The van der Waals surface area contributed by atoms with Gasteiger partial charge in [0, 0.05) is 12.4 Å². The first-order valence-electron chi connectivity index (χ1n) is 5.52. The third-order valence-electron chi connectivity index (χ3n) is 2.34. The maximum absolute atomic E-state index is 11.1. The summed E-state index contributed by atoms with van der Waals surface area (Å²) in [6.07, 6.45) is 3.52. The summed E-state index contributed by atoms with van der Waals surface area (Å²) in [5, 5.41) is 11.1. The number of hydrogen-bond acceptors (Lipinski definition) is 4. The van der Waals surface area contributed by atoms with Crippen LogP contribution >= 0.6 is 0 Å². The second-order valence-electron chi connectivity index (χ2n) is 3.54. The average Bonchev–Trinajstić information content (AvgIpc) is 2.82. The van der Waals surface area contributed by atoms with E-state index in [4.69, 9.17) is 4.74 Å².